The molecule has 4 aromatic rings. The number of hydrogen-bond donors (Lipinski definition) is 1. The number of aryl methyl sites for hydroxylation is 1. The molecule has 1 N–H and O–H groups in total. The average Bonchev–Trinajstić information content (AvgIpc) is 3.09. The van der Waals surface area contributed by atoms with Gasteiger partial charge in [-0.1, -0.05) is 22.9 Å². The van der Waals surface area contributed by atoms with Crippen LogP contribution in [-0.2, 0) is 0 Å². The van der Waals surface area contributed by atoms with E-state index in [9.17, 15) is 9.18 Å². The van der Waals surface area contributed by atoms with Crippen LogP contribution >= 0.6 is 22.9 Å². The van der Waals surface area contributed by atoms with Crippen molar-refractivity contribution >= 4 is 50.5 Å². The maximum Gasteiger partial charge on any atom is 0.284 e. The Morgan fingerprint density at radius 1 is 1.29 bits per heavy atom. The molecule has 6 nitrogen and oxygen atoms in total. The van der Waals surface area contributed by atoms with Crippen molar-refractivity contribution < 1.29 is 9.18 Å². The molecule has 0 aromatic carbocycles. The van der Waals surface area contributed by atoms with Crippen molar-refractivity contribution in [2.24, 2.45) is 0 Å². The number of imidazole rings is 1. The summed E-state index contributed by atoms with van der Waals surface area (Å²) < 4.78 is 15.6. The number of aromatic nitrogens is 4. The molecule has 4 heterocycles. The van der Waals surface area contributed by atoms with Crippen LogP contribution in [0.3, 0.4) is 0 Å². The highest BCUT2D eigenvalue weighted by molar-refractivity contribution is 7.20. The van der Waals surface area contributed by atoms with Crippen LogP contribution < -0.4 is 5.32 Å². The second kappa shape index (κ2) is 5.50. The molecular weight excluding hydrogens is 353 g/mol. The molecule has 120 valence electrons. The van der Waals surface area contributed by atoms with Gasteiger partial charge in [-0.2, -0.15) is 0 Å². The SMILES string of the molecule is Cc1cn2cc(NC(=O)c3nc4ccc(Cl)nc4s3)cc(F)c2n1. The first kappa shape index (κ1) is 15.0. The van der Waals surface area contributed by atoms with E-state index in [0.29, 0.717) is 26.9 Å². The van der Waals surface area contributed by atoms with Crippen molar-refractivity contribution in [2.75, 3.05) is 5.32 Å². The molecule has 4 rings (SSSR count). The van der Waals surface area contributed by atoms with Crippen LogP contribution in [0.15, 0.2) is 30.6 Å². The monoisotopic (exact) mass is 361 g/mol. The highest BCUT2D eigenvalue weighted by atomic mass is 35.5. The first-order chi connectivity index (χ1) is 11.5. The predicted molar refractivity (Wildman–Crippen MR) is 90.3 cm³/mol. The summed E-state index contributed by atoms with van der Waals surface area (Å²) in [5.41, 5.74) is 1.80. The number of fused-ring (bicyclic) bond motifs is 2. The molecule has 0 aliphatic rings. The van der Waals surface area contributed by atoms with Crippen LogP contribution in [0, 0.1) is 12.7 Å². The zero-order valence-electron chi connectivity index (χ0n) is 12.2. The van der Waals surface area contributed by atoms with Crippen molar-refractivity contribution in [3.05, 3.63) is 52.3 Å². The fourth-order valence-electron chi connectivity index (χ4n) is 2.32. The standard InChI is InChI=1S/C15H9ClFN5OS/c1-7-5-22-6-8(4-9(17)12(22)18-7)19-13(23)15-20-10-2-3-11(16)21-14(10)24-15/h2-6H,1H3,(H,19,23). The van der Waals surface area contributed by atoms with Crippen LogP contribution in [0.4, 0.5) is 10.1 Å². The number of thiazole rings is 1. The summed E-state index contributed by atoms with van der Waals surface area (Å²) >= 11 is 6.95. The lowest BCUT2D eigenvalue weighted by atomic mass is 10.4. The molecule has 4 aromatic heterocycles. The second-order valence-electron chi connectivity index (χ2n) is 5.12. The van der Waals surface area contributed by atoms with E-state index in [-0.39, 0.29) is 10.7 Å². The van der Waals surface area contributed by atoms with Gasteiger partial charge in [0.1, 0.15) is 15.5 Å². The molecule has 0 bridgehead atoms. The lowest BCUT2D eigenvalue weighted by Crippen LogP contribution is -2.12. The molecular formula is C15H9ClFN5OS. The Morgan fingerprint density at radius 2 is 2.12 bits per heavy atom. The Bertz CT molecular complexity index is 1110. The van der Waals surface area contributed by atoms with Gasteiger partial charge in [-0.15, -0.1) is 0 Å². The number of hydrogen-bond acceptors (Lipinski definition) is 5. The molecule has 24 heavy (non-hydrogen) atoms. The normalized spacial score (nSPS) is 11.3. The van der Waals surface area contributed by atoms with Crippen molar-refractivity contribution in [2.45, 2.75) is 6.92 Å². The van der Waals surface area contributed by atoms with E-state index in [1.54, 1.807) is 31.5 Å². The summed E-state index contributed by atoms with van der Waals surface area (Å²) in [6.45, 7) is 1.77. The Balaban J connectivity index is 1.67. The summed E-state index contributed by atoms with van der Waals surface area (Å²) in [7, 11) is 0. The van der Waals surface area contributed by atoms with Crippen LogP contribution in [0.1, 0.15) is 15.5 Å². The van der Waals surface area contributed by atoms with E-state index in [2.05, 4.69) is 20.3 Å². The summed E-state index contributed by atoms with van der Waals surface area (Å²) in [6, 6.07) is 4.52. The second-order valence-corrected chi connectivity index (χ2v) is 6.49. The molecule has 0 saturated carbocycles. The van der Waals surface area contributed by atoms with Crippen LogP contribution in [0.5, 0.6) is 0 Å². The Hall–Kier alpha value is -2.58. The van der Waals surface area contributed by atoms with Crippen molar-refractivity contribution in [1.82, 2.24) is 19.4 Å². The average molecular weight is 362 g/mol. The van der Waals surface area contributed by atoms with E-state index < -0.39 is 11.7 Å². The molecule has 0 atom stereocenters. The van der Waals surface area contributed by atoms with Gasteiger partial charge < -0.3 is 9.72 Å². The minimum atomic E-state index is -0.515. The van der Waals surface area contributed by atoms with Gasteiger partial charge in [0.15, 0.2) is 16.5 Å². The maximum atomic E-state index is 14.1. The number of nitrogens with zero attached hydrogens (tertiary/aromatic N) is 4. The number of halogens is 2. The topological polar surface area (TPSA) is 72.2 Å². The van der Waals surface area contributed by atoms with Crippen molar-refractivity contribution in [1.29, 1.82) is 0 Å². The minimum Gasteiger partial charge on any atom is -0.318 e. The van der Waals surface area contributed by atoms with Gasteiger partial charge in [0.25, 0.3) is 5.91 Å². The van der Waals surface area contributed by atoms with Crippen LogP contribution in [-0.4, -0.2) is 25.3 Å². The van der Waals surface area contributed by atoms with Gasteiger partial charge >= 0.3 is 0 Å². The number of amides is 1. The predicted octanol–water partition coefficient (Wildman–Crippen LogP) is 3.69. The number of anilines is 1. The van der Waals surface area contributed by atoms with Gasteiger partial charge in [-0.05, 0) is 19.1 Å². The zero-order valence-corrected chi connectivity index (χ0v) is 13.8. The van der Waals surface area contributed by atoms with E-state index in [0.717, 1.165) is 11.3 Å². The van der Waals surface area contributed by atoms with E-state index in [4.69, 9.17) is 11.6 Å². The number of rotatable bonds is 2. The Labute approximate surface area is 143 Å². The fourth-order valence-corrected chi connectivity index (χ4v) is 3.35. The molecule has 0 unspecified atom stereocenters. The van der Waals surface area contributed by atoms with Crippen molar-refractivity contribution in [3.8, 4) is 0 Å². The largest absolute Gasteiger partial charge is 0.318 e. The van der Waals surface area contributed by atoms with E-state index >= 15 is 0 Å². The Morgan fingerprint density at radius 3 is 2.96 bits per heavy atom. The maximum absolute atomic E-state index is 14.1. The zero-order chi connectivity index (χ0) is 16.8. The lowest BCUT2D eigenvalue weighted by molar-refractivity contribution is 0.102. The van der Waals surface area contributed by atoms with E-state index in [1.807, 2.05) is 0 Å². The molecule has 0 fully saturated rings. The number of carbonyl (C=O) groups is 1. The third-order valence-electron chi connectivity index (χ3n) is 3.30. The smallest absolute Gasteiger partial charge is 0.284 e. The molecule has 0 radical (unpaired) electrons. The first-order valence-electron chi connectivity index (χ1n) is 6.89. The number of carbonyl (C=O) groups excluding carboxylic acids is 1. The third-order valence-corrected chi connectivity index (χ3v) is 4.47. The number of nitrogens with one attached hydrogen (secondary N) is 1. The van der Waals surface area contributed by atoms with Crippen LogP contribution in [0.2, 0.25) is 5.15 Å². The Kier molecular flexibility index (Phi) is 3.43. The highest BCUT2D eigenvalue weighted by Gasteiger charge is 2.15. The summed E-state index contributed by atoms with van der Waals surface area (Å²) in [5, 5.41) is 3.19. The molecule has 0 aliphatic carbocycles. The summed E-state index contributed by atoms with van der Waals surface area (Å²) in [4.78, 5) is 25.3. The third kappa shape index (κ3) is 2.59. The molecule has 0 saturated heterocycles. The first-order valence-corrected chi connectivity index (χ1v) is 8.08. The fraction of sp³-hybridized carbons (Fsp3) is 0.0667. The van der Waals surface area contributed by atoms with Gasteiger partial charge in [0, 0.05) is 18.5 Å². The lowest BCUT2D eigenvalue weighted by Gasteiger charge is -2.04. The molecule has 0 aliphatic heterocycles. The minimum absolute atomic E-state index is 0.212. The van der Waals surface area contributed by atoms with Gasteiger partial charge in [-0.3, -0.25) is 4.79 Å². The van der Waals surface area contributed by atoms with E-state index in [1.165, 1.54) is 10.5 Å². The summed E-state index contributed by atoms with van der Waals surface area (Å²) in [5.74, 6) is -0.955. The molecule has 0 spiro atoms. The van der Waals surface area contributed by atoms with Gasteiger partial charge in [0.05, 0.1) is 11.4 Å². The number of pyridine rings is 2. The summed E-state index contributed by atoms with van der Waals surface area (Å²) in [6.07, 6.45) is 3.27. The molecule has 1 amide bonds. The van der Waals surface area contributed by atoms with Crippen LogP contribution in [0.25, 0.3) is 16.0 Å². The van der Waals surface area contributed by atoms with Gasteiger partial charge in [0.2, 0.25) is 0 Å². The van der Waals surface area contributed by atoms with Crippen molar-refractivity contribution in [3.63, 3.8) is 0 Å². The highest BCUT2D eigenvalue weighted by Crippen LogP contribution is 2.23. The quantitative estimate of drug-likeness (QED) is 0.553. The molecule has 9 heteroatoms. The van der Waals surface area contributed by atoms with Gasteiger partial charge in [-0.25, -0.2) is 19.3 Å².